The molecule has 10 rings (SSSR count). The highest BCUT2D eigenvalue weighted by Gasteiger charge is 2.66. The molecule has 2 aromatic heterocycles. The van der Waals surface area contributed by atoms with E-state index in [4.69, 9.17) is 8.37 Å². The van der Waals surface area contributed by atoms with E-state index >= 15 is 0 Å². The zero-order valence-electron chi connectivity index (χ0n) is 38.2. The summed E-state index contributed by atoms with van der Waals surface area (Å²) in [4.78, 5) is 59.6. The summed E-state index contributed by atoms with van der Waals surface area (Å²) in [6, 6.07) is 30.5. The number of carbonyl (C=O) groups excluding carboxylic acids is 4. The number of fused-ring (bicyclic) bond motifs is 6. The zero-order valence-corrected chi connectivity index (χ0v) is 39.8. The van der Waals surface area contributed by atoms with Crippen molar-refractivity contribution in [2.24, 2.45) is 33.5 Å². The van der Waals surface area contributed by atoms with E-state index in [2.05, 4.69) is 20.6 Å². The second kappa shape index (κ2) is 17.2. The van der Waals surface area contributed by atoms with Crippen molar-refractivity contribution in [1.82, 2.24) is 9.97 Å². The third-order valence-corrected chi connectivity index (χ3v) is 18.1. The van der Waals surface area contributed by atoms with Crippen LogP contribution < -0.4 is 19.0 Å². The number of anilines is 2. The number of aromatic nitrogens is 2. The zero-order chi connectivity index (χ0) is 48.3. The van der Waals surface area contributed by atoms with E-state index in [0.29, 0.717) is 70.0 Å². The molecule has 2 heterocycles. The van der Waals surface area contributed by atoms with Gasteiger partial charge in [0.05, 0.1) is 44.7 Å². The Balaban J connectivity index is 0.000000170. The third kappa shape index (κ3) is 8.20. The van der Waals surface area contributed by atoms with Crippen molar-refractivity contribution >= 4 is 76.8 Å². The van der Waals surface area contributed by atoms with Crippen molar-refractivity contribution in [2.45, 2.75) is 66.2 Å². The Bertz CT molecular complexity index is 3020. The van der Waals surface area contributed by atoms with E-state index in [0.717, 1.165) is 12.8 Å². The number of ketones is 2. The van der Waals surface area contributed by atoms with Crippen molar-refractivity contribution in [3.63, 3.8) is 0 Å². The van der Waals surface area contributed by atoms with Crippen LogP contribution in [0.25, 0.3) is 21.8 Å². The summed E-state index contributed by atoms with van der Waals surface area (Å²) in [6.07, 6.45) is 6.86. The fraction of sp³-hybridized carbons (Fsp3) is 0.346. The van der Waals surface area contributed by atoms with Gasteiger partial charge in [-0.3, -0.25) is 29.1 Å². The molecule has 4 bridgehead atoms. The second-order valence-electron chi connectivity index (χ2n) is 19.6. The molecule has 16 heteroatoms. The average Bonchev–Trinajstić information content (AvgIpc) is 3.84. The molecule has 0 saturated heterocycles. The van der Waals surface area contributed by atoms with Gasteiger partial charge in [-0.25, -0.2) is 0 Å². The number of rotatable bonds is 12. The van der Waals surface area contributed by atoms with Crippen molar-refractivity contribution in [2.75, 3.05) is 22.1 Å². The van der Waals surface area contributed by atoms with Gasteiger partial charge >= 0.3 is 20.2 Å². The molecule has 4 fully saturated rings. The highest BCUT2D eigenvalue weighted by atomic mass is 32.2. The predicted octanol–water partition coefficient (Wildman–Crippen LogP) is 9.18. The SMILES string of the molecule is CC1(C)[C@@H]2CC[C@@]1(CS(=O)(=O)Oc1ccc(NC(=O)c3ccccc3)c3ncccc13)C(=O)C2.CC1(C)[C@@H]2CC[C@@]1(CS(=O)(=O)Oc1ccc(NC(=O)c3ccccc3)c3ncccc13)C(=O)C2. The second-order valence-corrected chi connectivity index (χ2v) is 22.7. The first-order valence-corrected chi connectivity index (χ1v) is 25.8. The minimum atomic E-state index is -4.07. The number of benzene rings is 4. The molecule has 4 aliphatic carbocycles. The summed E-state index contributed by atoms with van der Waals surface area (Å²) in [5.74, 6) is -0.563. The van der Waals surface area contributed by atoms with Crippen molar-refractivity contribution in [1.29, 1.82) is 0 Å². The largest absolute Gasteiger partial charge is 0.382 e. The van der Waals surface area contributed by atoms with Gasteiger partial charge in [-0.2, -0.15) is 16.8 Å². The Labute approximate surface area is 395 Å². The fourth-order valence-electron chi connectivity index (χ4n) is 11.4. The van der Waals surface area contributed by atoms with Gasteiger partial charge in [0.1, 0.15) is 11.6 Å². The molecule has 2 amide bonds. The number of pyridine rings is 2. The maximum Gasteiger partial charge on any atom is 0.310 e. The Hall–Kier alpha value is -6.52. The van der Waals surface area contributed by atoms with Gasteiger partial charge in [-0.15, -0.1) is 0 Å². The summed E-state index contributed by atoms with van der Waals surface area (Å²) in [5, 5.41) is 6.58. The molecule has 0 unspecified atom stereocenters. The topological polar surface area (TPSA) is 205 Å². The molecular weight excluding hydrogens is 905 g/mol. The van der Waals surface area contributed by atoms with Crippen LogP contribution in [0.4, 0.5) is 11.4 Å². The molecular formula is C52H52N4O10S2. The summed E-state index contributed by atoms with van der Waals surface area (Å²) in [5.41, 5.74) is 0.122. The number of nitrogens with one attached hydrogen (secondary N) is 2. The van der Waals surface area contributed by atoms with E-state index in [1.54, 1.807) is 97.3 Å². The molecule has 352 valence electrons. The maximum atomic E-state index is 13.2. The maximum absolute atomic E-state index is 13.2. The normalized spacial score (nSPS) is 23.2. The smallest absolute Gasteiger partial charge is 0.310 e. The average molecular weight is 957 g/mol. The van der Waals surface area contributed by atoms with Crippen LogP contribution in [0, 0.1) is 33.5 Å². The molecule has 4 aliphatic rings. The lowest BCUT2D eigenvalue weighted by Crippen LogP contribution is -2.43. The predicted molar refractivity (Wildman–Crippen MR) is 258 cm³/mol. The first-order chi connectivity index (χ1) is 32.3. The standard InChI is InChI=1S/2C26H26N2O5S/c2*1-25(2)18-12-13-26(25,22(29)15-18)16-34(31,32)33-21-11-10-20(23-19(21)9-6-14-27-23)28-24(30)17-7-4-3-5-8-17/h2*3-11,14,18H,12-13,15-16H2,1-2H3,(H,28,30)/t2*18-,26-/m11/s1. The lowest BCUT2D eigenvalue weighted by molar-refractivity contribution is -0.128. The van der Waals surface area contributed by atoms with Gasteiger partial charge < -0.3 is 19.0 Å². The van der Waals surface area contributed by atoms with Crippen LogP contribution in [0.3, 0.4) is 0 Å². The fourth-order valence-corrected chi connectivity index (χ4v) is 14.9. The molecule has 0 spiro atoms. The van der Waals surface area contributed by atoms with E-state index in [9.17, 15) is 36.0 Å². The Morgan fingerprint density at radius 1 is 0.559 bits per heavy atom. The van der Waals surface area contributed by atoms with Crippen LogP contribution in [0.5, 0.6) is 11.5 Å². The van der Waals surface area contributed by atoms with Gasteiger partial charge in [-0.05, 0) is 121 Å². The molecule has 4 aromatic carbocycles. The van der Waals surface area contributed by atoms with Gasteiger partial charge in [0, 0.05) is 47.1 Å². The summed E-state index contributed by atoms with van der Waals surface area (Å²) in [7, 11) is -8.14. The highest BCUT2D eigenvalue weighted by molar-refractivity contribution is 7.87. The molecule has 6 aromatic rings. The Kier molecular flexibility index (Phi) is 11.8. The monoisotopic (exact) mass is 956 g/mol. The Morgan fingerprint density at radius 2 is 0.941 bits per heavy atom. The van der Waals surface area contributed by atoms with E-state index in [1.165, 1.54) is 12.1 Å². The quantitative estimate of drug-likeness (QED) is 0.110. The van der Waals surface area contributed by atoms with Crippen LogP contribution in [0.2, 0.25) is 0 Å². The van der Waals surface area contributed by atoms with E-state index < -0.39 is 31.1 Å². The van der Waals surface area contributed by atoms with Crippen LogP contribution in [-0.2, 0) is 29.8 Å². The number of carbonyl (C=O) groups is 4. The first kappa shape index (κ1) is 46.6. The Morgan fingerprint density at radius 3 is 1.28 bits per heavy atom. The third-order valence-electron chi connectivity index (χ3n) is 15.6. The van der Waals surface area contributed by atoms with Crippen molar-refractivity contribution in [3.05, 3.63) is 133 Å². The lowest BCUT2D eigenvalue weighted by Gasteiger charge is -2.35. The van der Waals surface area contributed by atoms with E-state index in [1.807, 2.05) is 39.8 Å². The van der Waals surface area contributed by atoms with Crippen LogP contribution >= 0.6 is 0 Å². The minimum absolute atomic E-state index is 0.0198. The molecule has 2 N–H and O–H groups in total. The number of amides is 2. The molecule has 4 atom stereocenters. The summed E-state index contributed by atoms with van der Waals surface area (Å²) < 4.78 is 63.9. The van der Waals surface area contributed by atoms with Crippen LogP contribution in [0.1, 0.15) is 86.9 Å². The minimum Gasteiger partial charge on any atom is -0.382 e. The molecule has 0 radical (unpaired) electrons. The molecule has 68 heavy (non-hydrogen) atoms. The summed E-state index contributed by atoms with van der Waals surface area (Å²) >= 11 is 0. The van der Waals surface area contributed by atoms with Gasteiger partial charge in [0.25, 0.3) is 11.8 Å². The van der Waals surface area contributed by atoms with Crippen LogP contribution in [-0.4, -0.2) is 61.7 Å². The van der Waals surface area contributed by atoms with Gasteiger partial charge in [0.2, 0.25) is 0 Å². The number of hydrogen-bond acceptors (Lipinski definition) is 12. The van der Waals surface area contributed by atoms with Crippen molar-refractivity contribution in [3.8, 4) is 11.5 Å². The van der Waals surface area contributed by atoms with Gasteiger partial charge in [-0.1, -0.05) is 64.1 Å². The van der Waals surface area contributed by atoms with Gasteiger partial charge in [0.15, 0.2) is 11.5 Å². The molecule has 4 saturated carbocycles. The summed E-state index contributed by atoms with van der Waals surface area (Å²) in [6.45, 7) is 7.98. The highest BCUT2D eigenvalue weighted by Crippen LogP contribution is 2.65. The number of hydrogen-bond donors (Lipinski definition) is 2. The number of Topliss-reactive ketones (excluding diaryl/α,β-unsaturated/α-hetero) is 2. The molecule has 14 nitrogen and oxygen atoms in total. The number of nitrogens with zero attached hydrogens (tertiary/aromatic N) is 2. The molecule has 0 aliphatic heterocycles. The first-order valence-electron chi connectivity index (χ1n) is 22.7. The van der Waals surface area contributed by atoms with Crippen LogP contribution in [0.15, 0.2) is 122 Å². The lowest BCUT2D eigenvalue weighted by atomic mass is 9.70. The van der Waals surface area contributed by atoms with E-state index in [-0.39, 0.29) is 69.1 Å². The van der Waals surface area contributed by atoms with Crippen molar-refractivity contribution < 1.29 is 44.4 Å².